The standard InChI is InChI=1S/C24H44N3O11P/c1-6-8-15-33-23(30)35-17(3)37-39(32,38-18(4)36-24(31)34-16-9-7-2)26-22(25)27(5)20(21(28)29)19-13-11-10-12-14-19/h17-20H,6-16H2,1-5H3,(H,28,29)(H2,25,26,32). The number of rotatable bonds is 16. The second kappa shape index (κ2) is 17.9. The van der Waals surface area contributed by atoms with E-state index in [1.165, 1.54) is 25.8 Å². The second-order valence-electron chi connectivity index (χ2n) is 9.20. The zero-order valence-electron chi connectivity index (χ0n) is 23.5. The Bertz CT molecular complexity index is 815. The van der Waals surface area contributed by atoms with Crippen LogP contribution in [0.25, 0.3) is 0 Å². The van der Waals surface area contributed by atoms with Crippen molar-refractivity contribution >= 4 is 32.0 Å². The number of carbonyl (C=O) groups is 3. The van der Waals surface area contributed by atoms with Gasteiger partial charge in [0.2, 0.25) is 18.5 Å². The monoisotopic (exact) mass is 581 g/mol. The second-order valence-corrected chi connectivity index (χ2v) is 10.8. The topological polar surface area (TPSA) is 186 Å². The van der Waals surface area contributed by atoms with E-state index in [0.717, 1.165) is 32.1 Å². The summed E-state index contributed by atoms with van der Waals surface area (Å²) in [5.41, 5.74) is 6.08. The van der Waals surface area contributed by atoms with Crippen LogP contribution >= 0.6 is 7.75 Å². The molecule has 15 heteroatoms. The molecule has 1 aliphatic carbocycles. The fraction of sp³-hybridized carbons (Fsp3) is 0.833. The Morgan fingerprint density at radius 3 is 1.82 bits per heavy atom. The van der Waals surface area contributed by atoms with E-state index in [1.807, 2.05) is 13.8 Å². The highest BCUT2D eigenvalue weighted by Gasteiger charge is 2.37. The van der Waals surface area contributed by atoms with Crippen molar-refractivity contribution in [2.75, 3.05) is 20.3 Å². The average molecular weight is 582 g/mol. The predicted octanol–water partition coefficient (Wildman–Crippen LogP) is 5.01. The molecule has 3 N–H and O–H groups in total. The average Bonchev–Trinajstić information content (AvgIpc) is 2.84. The SMILES string of the molecule is CCCCOC(=O)OC(C)OP(=O)(N=C(N)N(C)C(C(=O)O)C1CCCCC1)OC(C)OC(=O)OCCCC. The van der Waals surface area contributed by atoms with Gasteiger partial charge >= 0.3 is 26.0 Å². The van der Waals surface area contributed by atoms with Gasteiger partial charge in [0, 0.05) is 7.05 Å². The minimum absolute atomic E-state index is 0.120. The number of guanidine groups is 1. The lowest BCUT2D eigenvalue weighted by Gasteiger charge is -2.34. The van der Waals surface area contributed by atoms with Crippen LogP contribution in [0.2, 0.25) is 0 Å². The lowest BCUT2D eigenvalue weighted by atomic mass is 9.83. The maximum atomic E-state index is 13.7. The van der Waals surface area contributed by atoms with Gasteiger partial charge in [0.15, 0.2) is 0 Å². The molecule has 0 saturated heterocycles. The first kappa shape index (κ1) is 34.5. The van der Waals surface area contributed by atoms with Crippen LogP contribution in [0.4, 0.5) is 9.59 Å². The number of ether oxygens (including phenoxy) is 4. The van der Waals surface area contributed by atoms with Gasteiger partial charge in [-0.05, 0) is 45.4 Å². The number of carboxylic acids is 1. The third-order valence-electron chi connectivity index (χ3n) is 5.88. The number of hydrogen-bond donors (Lipinski definition) is 2. The predicted molar refractivity (Wildman–Crippen MR) is 141 cm³/mol. The highest BCUT2D eigenvalue weighted by molar-refractivity contribution is 7.52. The van der Waals surface area contributed by atoms with Crippen LogP contribution in [0.15, 0.2) is 4.76 Å². The molecule has 226 valence electrons. The summed E-state index contributed by atoms with van der Waals surface area (Å²) in [4.78, 5) is 37.1. The minimum atomic E-state index is -4.66. The van der Waals surface area contributed by atoms with Gasteiger partial charge < -0.3 is 34.7 Å². The van der Waals surface area contributed by atoms with E-state index in [-0.39, 0.29) is 19.1 Å². The normalized spacial score (nSPS) is 18.2. The van der Waals surface area contributed by atoms with Crippen LogP contribution in [0.1, 0.15) is 85.5 Å². The van der Waals surface area contributed by atoms with Gasteiger partial charge in [0.05, 0.1) is 13.2 Å². The van der Waals surface area contributed by atoms with E-state index in [4.69, 9.17) is 33.7 Å². The van der Waals surface area contributed by atoms with Crippen LogP contribution < -0.4 is 5.73 Å². The molecule has 1 aliphatic rings. The van der Waals surface area contributed by atoms with Gasteiger partial charge in [-0.25, -0.2) is 28.0 Å². The molecule has 1 rings (SSSR count). The first-order chi connectivity index (χ1) is 18.4. The van der Waals surface area contributed by atoms with Gasteiger partial charge in [-0.3, -0.25) is 0 Å². The van der Waals surface area contributed by atoms with Crippen molar-refractivity contribution in [2.24, 2.45) is 16.4 Å². The molecule has 0 heterocycles. The molecule has 0 radical (unpaired) electrons. The third kappa shape index (κ3) is 13.4. The van der Waals surface area contributed by atoms with Crippen molar-refractivity contribution in [1.82, 2.24) is 4.90 Å². The fourth-order valence-electron chi connectivity index (χ4n) is 3.90. The molecule has 14 nitrogen and oxygen atoms in total. The molecule has 3 atom stereocenters. The van der Waals surface area contributed by atoms with Crippen LogP contribution in [-0.2, 0) is 37.4 Å². The third-order valence-corrected chi connectivity index (χ3v) is 7.45. The number of hydrogen-bond acceptors (Lipinski definition) is 10. The molecule has 0 aliphatic heterocycles. The van der Waals surface area contributed by atoms with Crippen LogP contribution in [0.3, 0.4) is 0 Å². The highest BCUT2D eigenvalue weighted by Crippen LogP contribution is 2.52. The van der Waals surface area contributed by atoms with Crippen molar-refractivity contribution in [3.63, 3.8) is 0 Å². The molecule has 1 fully saturated rings. The van der Waals surface area contributed by atoms with Crippen molar-refractivity contribution in [2.45, 2.75) is 104 Å². The Kier molecular flexibility index (Phi) is 15.8. The molecule has 39 heavy (non-hydrogen) atoms. The first-order valence-corrected chi connectivity index (χ1v) is 14.9. The molecule has 0 aromatic rings. The first-order valence-electron chi connectivity index (χ1n) is 13.4. The molecule has 1 saturated carbocycles. The van der Waals surface area contributed by atoms with E-state index in [2.05, 4.69) is 4.76 Å². The summed E-state index contributed by atoms with van der Waals surface area (Å²) in [5.74, 6) is -1.76. The van der Waals surface area contributed by atoms with E-state index < -0.39 is 50.6 Å². The lowest BCUT2D eigenvalue weighted by Crippen LogP contribution is -2.50. The Balaban J connectivity index is 3.09. The van der Waals surface area contributed by atoms with Gasteiger partial charge in [-0.1, -0.05) is 46.0 Å². The molecular formula is C24H44N3O11P. The Morgan fingerprint density at radius 1 is 0.949 bits per heavy atom. The Morgan fingerprint density at radius 2 is 1.41 bits per heavy atom. The Labute approximate surface area is 230 Å². The zero-order chi connectivity index (χ0) is 29.4. The molecular weight excluding hydrogens is 537 g/mol. The number of carboxylic acid groups (broad SMARTS) is 1. The van der Waals surface area contributed by atoms with E-state index in [9.17, 15) is 24.1 Å². The van der Waals surface area contributed by atoms with E-state index >= 15 is 0 Å². The molecule has 0 spiro atoms. The van der Waals surface area contributed by atoms with Gasteiger partial charge in [0.1, 0.15) is 6.04 Å². The van der Waals surface area contributed by atoms with Crippen LogP contribution in [0, 0.1) is 5.92 Å². The summed E-state index contributed by atoms with van der Waals surface area (Å²) in [5, 5.41) is 9.88. The number of nitrogens with two attached hydrogens (primary N) is 1. The van der Waals surface area contributed by atoms with Gasteiger partial charge in [-0.15, -0.1) is 4.76 Å². The fourth-order valence-corrected chi connectivity index (χ4v) is 5.27. The summed E-state index contributed by atoms with van der Waals surface area (Å²) < 4.78 is 47.8. The summed E-state index contributed by atoms with van der Waals surface area (Å²) >= 11 is 0. The van der Waals surface area contributed by atoms with Crippen molar-refractivity contribution in [3.05, 3.63) is 0 Å². The number of unbranched alkanes of at least 4 members (excludes halogenated alkanes) is 2. The van der Waals surface area contributed by atoms with Gasteiger partial charge in [0.25, 0.3) is 0 Å². The van der Waals surface area contributed by atoms with Crippen LogP contribution in [0.5, 0.6) is 0 Å². The Hall–Kier alpha value is -2.57. The molecule has 3 unspecified atom stereocenters. The van der Waals surface area contributed by atoms with Crippen molar-refractivity contribution in [1.29, 1.82) is 0 Å². The molecule has 0 aromatic carbocycles. The summed E-state index contributed by atoms with van der Waals surface area (Å²) in [6, 6.07) is -1.04. The summed E-state index contributed by atoms with van der Waals surface area (Å²) in [6.45, 7) is 6.57. The zero-order valence-corrected chi connectivity index (χ0v) is 24.4. The smallest absolute Gasteiger partial charge is 0.480 e. The molecule has 0 aromatic heterocycles. The van der Waals surface area contributed by atoms with Gasteiger partial charge in [-0.2, -0.15) is 0 Å². The molecule has 0 amide bonds. The minimum Gasteiger partial charge on any atom is -0.480 e. The maximum absolute atomic E-state index is 13.7. The maximum Gasteiger partial charge on any atom is 0.510 e. The number of carbonyl (C=O) groups excluding carboxylic acids is 2. The number of nitrogens with zero attached hydrogens (tertiary/aromatic N) is 2. The van der Waals surface area contributed by atoms with E-state index in [1.54, 1.807) is 0 Å². The van der Waals surface area contributed by atoms with Crippen molar-refractivity contribution < 1.29 is 52.1 Å². The number of aliphatic carboxylic acids is 1. The largest absolute Gasteiger partial charge is 0.510 e. The van der Waals surface area contributed by atoms with Crippen LogP contribution in [-0.4, -0.2) is 73.1 Å². The lowest BCUT2D eigenvalue weighted by molar-refractivity contribution is -0.143. The van der Waals surface area contributed by atoms with E-state index in [0.29, 0.717) is 25.7 Å². The summed E-state index contributed by atoms with van der Waals surface area (Å²) in [6.07, 6.45) is 1.90. The number of likely N-dealkylation sites (N-methyl/N-ethyl adjacent to an activating group) is 1. The quantitative estimate of drug-likeness (QED) is 0.0619. The highest BCUT2D eigenvalue weighted by atomic mass is 31.2. The summed E-state index contributed by atoms with van der Waals surface area (Å²) in [7, 11) is -3.26. The van der Waals surface area contributed by atoms with Crippen molar-refractivity contribution in [3.8, 4) is 0 Å². The molecule has 0 bridgehead atoms.